The first-order chi connectivity index (χ1) is 11.3. The molecule has 1 aromatic carbocycles. The van der Waals surface area contributed by atoms with Gasteiger partial charge in [-0.1, -0.05) is 12.1 Å². The molecule has 23 heavy (non-hydrogen) atoms. The maximum atomic E-state index is 5.90. The molecule has 122 valence electrons. The van der Waals surface area contributed by atoms with Crippen LogP contribution in [0.3, 0.4) is 0 Å². The Labute approximate surface area is 137 Å². The maximum Gasteiger partial charge on any atom is 0.118 e. The summed E-state index contributed by atoms with van der Waals surface area (Å²) >= 11 is 0. The molecule has 0 saturated carbocycles. The first-order valence-electron chi connectivity index (χ1n) is 7.89. The normalized spacial score (nSPS) is 18.6. The number of nitrogens with one attached hydrogen (secondary N) is 1. The lowest BCUT2D eigenvalue weighted by Gasteiger charge is -2.32. The number of nitrogens with zero attached hydrogens (tertiary/aromatic N) is 2. The SMILES string of the molecule is CNc1ccc([C@@H]2CN(Cc3ccc(OC)cc3)CCO2)nc1. The van der Waals surface area contributed by atoms with Crippen molar-refractivity contribution < 1.29 is 9.47 Å². The van der Waals surface area contributed by atoms with Crippen molar-refractivity contribution >= 4 is 5.69 Å². The van der Waals surface area contributed by atoms with Crippen LogP contribution >= 0.6 is 0 Å². The van der Waals surface area contributed by atoms with Crippen molar-refractivity contribution in [2.75, 3.05) is 39.2 Å². The van der Waals surface area contributed by atoms with E-state index in [4.69, 9.17) is 9.47 Å². The van der Waals surface area contributed by atoms with E-state index < -0.39 is 0 Å². The average Bonchev–Trinajstić information content (AvgIpc) is 2.63. The van der Waals surface area contributed by atoms with Gasteiger partial charge in [-0.25, -0.2) is 0 Å². The number of methoxy groups -OCH3 is 1. The molecule has 0 radical (unpaired) electrons. The highest BCUT2D eigenvalue weighted by Crippen LogP contribution is 2.23. The molecule has 1 atom stereocenters. The molecule has 5 heteroatoms. The molecule has 1 N–H and O–H groups in total. The van der Waals surface area contributed by atoms with Gasteiger partial charge in [0.25, 0.3) is 0 Å². The van der Waals surface area contributed by atoms with Gasteiger partial charge in [-0.3, -0.25) is 9.88 Å². The second-order valence-electron chi connectivity index (χ2n) is 5.66. The van der Waals surface area contributed by atoms with E-state index in [1.807, 2.05) is 37.5 Å². The molecule has 0 spiro atoms. The largest absolute Gasteiger partial charge is 0.497 e. The van der Waals surface area contributed by atoms with Gasteiger partial charge in [0, 0.05) is 26.7 Å². The summed E-state index contributed by atoms with van der Waals surface area (Å²) < 4.78 is 11.1. The van der Waals surface area contributed by atoms with E-state index >= 15 is 0 Å². The molecular weight excluding hydrogens is 290 g/mol. The highest BCUT2D eigenvalue weighted by molar-refractivity contribution is 5.40. The fourth-order valence-electron chi connectivity index (χ4n) is 2.76. The number of anilines is 1. The van der Waals surface area contributed by atoms with Gasteiger partial charge in [-0.15, -0.1) is 0 Å². The molecule has 1 aliphatic heterocycles. The Hall–Kier alpha value is -2.11. The van der Waals surface area contributed by atoms with Gasteiger partial charge in [0.15, 0.2) is 0 Å². The van der Waals surface area contributed by atoms with Gasteiger partial charge in [-0.2, -0.15) is 0 Å². The zero-order valence-corrected chi connectivity index (χ0v) is 13.7. The van der Waals surface area contributed by atoms with Crippen LogP contribution in [0.25, 0.3) is 0 Å². The molecule has 0 bridgehead atoms. The minimum atomic E-state index is 0.0351. The van der Waals surface area contributed by atoms with Crippen molar-refractivity contribution in [2.24, 2.45) is 0 Å². The minimum absolute atomic E-state index is 0.0351. The van der Waals surface area contributed by atoms with Crippen LogP contribution in [0.2, 0.25) is 0 Å². The third kappa shape index (κ3) is 4.00. The molecule has 1 aromatic heterocycles. The molecule has 2 aromatic rings. The van der Waals surface area contributed by atoms with Crippen LogP contribution in [-0.4, -0.2) is 43.7 Å². The number of morpholine rings is 1. The molecule has 3 rings (SSSR count). The topological polar surface area (TPSA) is 46.6 Å². The predicted molar refractivity (Wildman–Crippen MR) is 90.7 cm³/mol. The molecule has 1 aliphatic rings. The summed E-state index contributed by atoms with van der Waals surface area (Å²) in [5.74, 6) is 0.891. The summed E-state index contributed by atoms with van der Waals surface area (Å²) in [5.41, 5.74) is 3.29. The van der Waals surface area contributed by atoms with Gasteiger partial charge in [0.1, 0.15) is 11.9 Å². The molecule has 2 heterocycles. The summed E-state index contributed by atoms with van der Waals surface area (Å²) in [4.78, 5) is 6.91. The first kappa shape index (κ1) is 15.8. The summed E-state index contributed by atoms with van der Waals surface area (Å²) in [6.45, 7) is 3.45. The Balaban J connectivity index is 1.62. The number of pyridine rings is 1. The van der Waals surface area contributed by atoms with Crippen molar-refractivity contribution in [3.63, 3.8) is 0 Å². The van der Waals surface area contributed by atoms with E-state index in [0.29, 0.717) is 0 Å². The summed E-state index contributed by atoms with van der Waals surface area (Å²) in [6, 6.07) is 12.3. The van der Waals surface area contributed by atoms with E-state index in [-0.39, 0.29) is 6.10 Å². The Bertz CT molecular complexity index is 613. The Morgan fingerprint density at radius 1 is 1.26 bits per heavy atom. The van der Waals surface area contributed by atoms with Crippen LogP contribution in [0.1, 0.15) is 17.4 Å². The fraction of sp³-hybridized carbons (Fsp3) is 0.389. The van der Waals surface area contributed by atoms with Crippen LogP contribution in [0.5, 0.6) is 5.75 Å². The second kappa shape index (κ2) is 7.44. The van der Waals surface area contributed by atoms with Gasteiger partial charge in [-0.05, 0) is 29.8 Å². The van der Waals surface area contributed by atoms with Crippen LogP contribution in [0.4, 0.5) is 5.69 Å². The third-order valence-electron chi connectivity index (χ3n) is 4.12. The predicted octanol–water partition coefficient (Wildman–Crippen LogP) is 2.71. The van der Waals surface area contributed by atoms with E-state index in [1.54, 1.807) is 7.11 Å². The monoisotopic (exact) mass is 313 g/mol. The van der Waals surface area contributed by atoms with Crippen LogP contribution in [0.15, 0.2) is 42.6 Å². The highest BCUT2D eigenvalue weighted by Gasteiger charge is 2.23. The van der Waals surface area contributed by atoms with Crippen LogP contribution in [0, 0.1) is 0 Å². The van der Waals surface area contributed by atoms with Gasteiger partial charge in [0.05, 0.1) is 31.3 Å². The summed E-state index contributed by atoms with van der Waals surface area (Å²) in [7, 11) is 3.58. The van der Waals surface area contributed by atoms with Gasteiger partial charge in [0.2, 0.25) is 0 Å². The molecule has 0 aliphatic carbocycles. The standard InChI is InChI=1S/C18H23N3O2/c1-19-15-5-8-17(20-11-15)18-13-21(9-10-23-18)12-14-3-6-16(22-2)7-4-14/h3-8,11,18-19H,9-10,12-13H2,1-2H3/t18-/m0/s1. The molecule has 0 unspecified atom stereocenters. The van der Waals surface area contributed by atoms with E-state index in [1.165, 1.54) is 5.56 Å². The Morgan fingerprint density at radius 2 is 2.09 bits per heavy atom. The number of hydrogen-bond donors (Lipinski definition) is 1. The molecule has 1 saturated heterocycles. The number of benzene rings is 1. The maximum absolute atomic E-state index is 5.90. The van der Waals surface area contributed by atoms with E-state index in [2.05, 4.69) is 27.3 Å². The highest BCUT2D eigenvalue weighted by atomic mass is 16.5. The van der Waals surface area contributed by atoms with Gasteiger partial charge < -0.3 is 14.8 Å². The molecular formula is C18H23N3O2. The van der Waals surface area contributed by atoms with Gasteiger partial charge >= 0.3 is 0 Å². The Kier molecular flexibility index (Phi) is 5.10. The second-order valence-corrected chi connectivity index (χ2v) is 5.66. The number of rotatable bonds is 5. The smallest absolute Gasteiger partial charge is 0.118 e. The third-order valence-corrected chi connectivity index (χ3v) is 4.12. The lowest BCUT2D eigenvalue weighted by molar-refractivity contribution is -0.0349. The lowest BCUT2D eigenvalue weighted by Crippen LogP contribution is -2.38. The zero-order valence-electron chi connectivity index (χ0n) is 13.7. The minimum Gasteiger partial charge on any atom is -0.497 e. The zero-order chi connectivity index (χ0) is 16.1. The van der Waals surface area contributed by atoms with Crippen LogP contribution < -0.4 is 10.1 Å². The summed E-state index contributed by atoms with van der Waals surface area (Å²) in [5, 5.41) is 3.08. The quantitative estimate of drug-likeness (QED) is 0.919. The lowest BCUT2D eigenvalue weighted by atomic mass is 10.1. The van der Waals surface area contributed by atoms with Crippen molar-refractivity contribution in [1.82, 2.24) is 9.88 Å². The van der Waals surface area contributed by atoms with Crippen LogP contribution in [-0.2, 0) is 11.3 Å². The van der Waals surface area contributed by atoms with Crippen molar-refractivity contribution in [3.8, 4) is 5.75 Å². The molecule has 0 amide bonds. The van der Waals surface area contributed by atoms with Crippen molar-refractivity contribution in [1.29, 1.82) is 0 Å². The average molecular weight is 313 g/mol. The summed E-state index contributed by atoms with van der Waals surface area (Å²) in [6.07, 6.45) is 1.88. The molecule has 1 fully saturated rings. The van der Waals surface area contributed by atoms with E-state index in [9.17, 15) is 0 Å². The van der Waals surface area contributed by atoms with Crippen molar-refractivity contribution in [3.05, 3.63) is 53.9 Å². The first-order valence-corrected chi connectivity index (χ1v) is 7.89. The van der Waals surface area contributed by atoms with Crippen molar-refractivity contribution in [2.45, 2.75) is 12.6 Å². The Morgan fingerprint density at radius 3 is 2.74 bits per heavy atom. The fourth-order valence-corrected chi connectivity index (χ4v) is 2.76. The molecule has 5 nitrogen and oxygen atoms in total. The number of ether oxygens (including phenoxy) is 2. The van der Waals surface area contributed by atoms with E-state index in [0.717, 1.165) is 43.4 Å². The number of aromatic nitrogens is 1. The number of hydrogen-bond acceptors (Lipinski definition) is 5.